The molecule has 0 bridgehead atoms. The molecule has 2 atom stereocenters. The minimum Gasteiger partial charge on any atom is -0.327 e. The van der Waals surface area contributed by atoms with Crippen LogP contribution in [-0.4, -0.2) is 6.04 Å². The van der Waals surface area contributed by atoms with Gasteiger partial charge in [0, 0.05) is 6.04 Å². The minimum absolute atomic E-state index is 0.398. The lowest BCUT2D eigenvalue weighted by molar-refractivity contribution is 0.330. The Hall–Kier alpha value is -0.0400. The van der Waals surface area contributed by atoms with Gasteiger partial charge in [-0.3, -0.25) is 0 Å². The number of hydrogen-bond acceptors (Lipinski definition) is 1. The zero-order chi connectivity index (χ0) is 8.15. The Labute approximate surface area is 65.0 Å². The second-order valence-electron chi connectivity index (χ2n) is 3.35. The molecule has 0 fully saturated rings. The fourth-order valence-electron chi connectivity index (χ4n) is 1.11. The van der Waals surface area contributed by atoms with Gasteiger partial charge in [-0.1, -0.05) is 40.5 Å². The fraction of sp³-hybridized carbons (Fsp3) is 1.00. The molecule has 0 rings (SSSR count). The lowest BCUT2D eigenvalue weighted by atomic mass is 9.88. The SMILES string of the molecule is CCC(C)C(N)C(C)CC. The van der Waals surface area contributed by atoms with Crippen molar-refractivity contribution < 1.29 is 0 Å². The summed E-state index contributed by atoms with van der Waals surface area (Å²) in [7, 11) is 0. The van der Waals surface area contributed by atoms with E-state index < -0.39 is 0 Å². The van der Waals surface area contributed by atoms with Crippen LogP contribution in [0.25, 0.3) is 0 Å². The van der Waals surface area contributed by atoms with Gasteiger partial charge in [0.05, 0.1) is 0 Å². The van der Waals surface area contributed by atoms with Crippen molar-refractivity contribution in [3.05, 3.63) is 0 Å². The first-order valence-electron chi connectivity index (χ1n) is 4.39. The Morgan fingerprint density at radius 3 is 1.50 bits per heavy atom. The maximum Gasteiger partial charge on any atom is 0.00901 e. The van der Waals surface area contributed by atoms with Gasteiger partial charge < -0.3 is 5.73 Å². The van der Waals surface area contributed by atoms with Crippen molar-refractivity contribution in [2.45, 2.75) is 46.6 Å². The van der Waals surface area contributed by atoms with Gasteiger partial charge in [-0.05, 0) is 11.8 Å². The molecular formula is C9H21N. The van der Waals surface area contributed by atoms with E-state index in [0.29, 0.717) is 17.9 Å². The highest BCUT2D eigenvalue weighted by atomic mass is 14.7. The molecule has 0 heterocycles. The summed E-state index contributed by atoms with van der Waals surface area (Å²) >= 11 is 0. The Balaban J connectivity index is 3.69. The number of rotatable bonds is 4. The van der Waals surface area contributed by atoms with Crippen LogP contribution in [0.3, 0.4) is 0 Å². The third-order valence-electron chi connectivity index (χ3n) is 2.60. The van der Waals surface area contributed by atoms with E-state index >= 15 is 0 Å². The normalized spacial score (nSPS) is 20.1. The molecule has 0 amide bonds. The molecule has 0 aliphatic carbocycles. The molecule has 2 N–H and O–H groups in total. The van der Waals surface area contributed by atoms with E-state index in [9.17, 15) is 0 Å². The molecule has 0 aromatic heterocycles. The van der Waals surface area contributed by atoms with Crippen LogP contribution in [0.2, 0.25) is 0 Å². The molecule has 10 heavy (non-hydrogen) atoms. The van der Waals surface area contributed by atoms with Crippen LogP contribution in [-0.2, 0) is 0 Å². The molecule has 0 aliphatic heterocycles. The van der Waals surface area contributed by atoms with E-state index in [0.717, 1.165) is 0 Å². The second-order valence-corrected chi connectivity index (χ2v) is 3.35. The van der Waals surface area contributed by atoms with Gasteiger partial charge in [-0.15, -0.1) is 0 Å². The van der Waals surface area contributed by atoms with E-state index in [1.54, 1.807) is 0 Å². The average molecular weight is 143 g/mol. The molecule has 1 nitrogen and oxygen atoms in total. The summed E-state index contributed by atoms with van der Waals surface area (Å²) < 4.78 is 0. The molecule has 1 heteroatoms. The highest BCUT2D eigenvalue weighted by Gasteiger charge is 2.15. The molecule has 0 aromatic rings. The fourth-order valence-corrected chi connectivity index (χ4v) is 1.11. The average Bonchev–Trinajstić information content (AvgIpc) is 2.00. The highest BCUT2D eigenvalue weighted by molar-refractivity contribution is 4.72. The second kappa shape index (κ2) is 4.73. The van der Waals surface area contributed by atoms with Crippen LogP contribution in [0.4, 0.5) is 0 Å². The number of hydrogen-bond donors (Lipinski definition) is 1. The van der Waals surface area contributed by atoms with Crippen molar-refractivity contribution in [3.8, 4) is 0 Å². The minimum atomic E-state index is 0.398. The largest absolute Gasteiger partial charge is 0.327 e. The Bertz CT molecular complexity index is 70.8. The van der Waals surface area contributed by atoms with E-state index in [1.807, 2.05) is 0 Å². The van der Waals surface area contributed by atoms with Crippen molar-refractivity contribution in [1.82, 2.24) is 0 Å². The highest BCUT2D eigenvalue weighted by Crippen LogP contribution is 2.15. The van der Waals surface area contributed by atoms with Crippen molar-refractivity contribution in [1.29, 1.82) is 0 Å². The van der Waals surface area contributed by atoms with Crippen molar-refractivity contribution in [2.24, 2.45) is 17.6 Å². The molecule has 0 aliphatic rings. The summed E-state index contributed by atoms with van der Waals surface area (Å²) in [5.41, 5.74) is 5.98. The molecule has 0 spiro atoms. The Morgan fingerprint density at radius 1 is 1.00 bits per heavy atom. The topological polar surface area (TPSA) is 26.0 Å². The van der Waals surface area contributed by atoms with Crippen LogP contribution in [0.15, 0.2) is 0 Å². The smallest absolute Gasteiger partial charge is 0.00901 e. The van der Waals surface area contributed by atoms with Gasteiger partial charge in [0.1, 0.15) is 0 Å². The molecular weight excluding hydrogens is 122 g/mol. The standard InChI is InChI=1S/C9H21N/c1-5-7(3)9(10)8(4)6-2/h7-9H,5-6,10H2,1-4H3. The molecule has 62 valence electrons. The van der Waals surface area contributed by atoms with Gasteiger partial charge in [0.25, 0.3) is 0 Å². The third-order valence-corrected chi connectivity index (χ3v) is 2.60. The first-order valence-corrected chi connectivity index (χ1v) is 4.39. The summed E-state index contributed by atoms with van der Waals surface area (Å²) in [5.74, 6) is 1.35. The van der Waals surface area contributed by atoms with E-state index in [2.05, 4.69) is 27.7 Å². The summed E-state index contributed by atoms with van der Waals surface area (Å²) in [4.78, 5) is 0. The zero-order valence-corrected chi connectivity index (χ0v) is 7.72. The van der Waals surface area contributed by atoms with E-state index in [-0.39, 0.29) is 0 Å². The van der Waals surface area contributed by atoms with Gasteiger partial charge in [-0.2, -0.15) is 0 Å². The lowest BCUT2D eigenvalue weighted by Crippen LogP contribution is -2.34. The molecule has 2 unspecified atom stereocenters. The molecule has 0 aromatic carbocycles. The van der Waals surface area contributed by atoms with Crippen LogP contribution < -0.4 is 5.73 Å². The molecule has 0 radical (unpaired) electrons. The van der Waals surface area contributed by atoms with E-state index in [4.69, 9.17) is 5.73 Å². The van der Waals surface area contributed by atoms with Gasteiger partial charge in [0.15, 0.2) is 0 Å². The predicted molar refractivity (Wildman–Crippen MR) is 46.9 cm³/mol. The van der Waals surface area contributed by atoms with Crippen molar-refractivity contribution >= 4 is 0 Å². The van der Waals surface area contributed by atoms with Gasteiger partial charge >= 0.3 is 0 Å². The molecule has 0 saturated heterocycles. The summed E-state index contributed by atoms with van der Waals surface area (Å²) in [6, 6.07) is 0.398. The first kappa shape index (κ1) is 9.96. The third kappa shape index (κ3) is 2.70. The number of nitrogens with two attached hydrogens (primary N) is 1. The van der Waals surface area contributed by atoms with E-state index in [1.165, 1.54) is 12.8 Å². The molecule has 0 saturated carbocycles. The maximum atomic E-state index is 5.98. The Morgan fingerprint density at radius 2 is 1.30 bits per heavy atom. The van der Waals surface area contributed by atoms with Crippen molar-refractivity contribution in [2.75, 3.05) is 0 Å². The van der Waals surface area contributed by atoms with Gasteiger partial charge in [-0.25, -0.2) is 0 Å². The monoisotopic (exact) mass is 143 g/mol. The summed E-state index contributed by atoms with van der Waals surface area (Å²) in [6.45, 7) is 8.87. The maximum absolute atomic E-state index is 5.98. The van der Waals surface area contributed by atoms with Gasteiger partial charge in [0.2, 0.25) is 0 Å². The van der Waals surface area contributed by atoms with Crippen molar-refractivity contribution in [3.63, 3.8) is 0 Å². The summed E-state index contributed by atoms with van der Waals surface area (Å²) in [6.07, 6.45) is 2.40. The zero-order valence-electron chi connectivity index (χ0n) is 7.72. The van der Waals surface area contributed by atoms with Crippen LogP contribution in [0.1, 0.15) is 40.5 Å². The van der Waals surface area contributed by atoms with Crippen LogP contribution in [0, 0.1) is 11.8 Å². The van der Waals surface area contributed by atoms with Crippen LogP contribution in [0.5, 0.6) is 0 Å². The van der Waals surface area contributed by atoms with Crippen LogP contribution >= 0.6 is 0 Å². The summed E-state index contributed by atoms with van der Waals surface area (Å²) in [5, 5.41) is 0. The lowest BCUT2D eigenvalue weighted by Gasteiger charge is -2.23. The quantitative estimate of drug-likeness (QED) is 0.642. The Kier molecular flexibility index (Phi) is 4.71. The predicted octanol–water partition coefficient (Wildman–Crippen LogP) is 2.41. The first-order chi connectivity index (χ1) is 4.63.